The largest absolute Gasteiger partial charge is 0.492 e. The number of ether oxygens (including phenoxy) is 1. The molecule has 0 saturated carbocycles. The van der Waals surface area contributed by atoms with Crippen LogP contribution in [0.3, 0.4) is 0 Å². The van der Waals surface area contributed by atoms with Gasteiger partial charge < -0.3 is 15.0 Å². The molecule has 41 heavy (non-hydrogen) atoms. The summed E-state index contributed by atoms with van der Waals surface area (Å²) in [5.41, 5.74) is 2.48. The molecule has 2 amide bonds. The molecule has 0 bridgehead atoms. The van der Waals surface area contributed by atoms with Crippen molar-refractivity contribution in [2.45, 2.75) is 36.1 Å². The number of piperidine rings is 1. The Bertz CT molecular complexity index is 1460. The number of carbonyl (C=O) groups is 2. The lowest BCUT2D eigenvalue weighted by atomic mass is 10.1. The molecule has 2 heterocycles. The Balaban J connectivity index is 1.10. The van der Waals surface area contributed by atoms with E-state index in [1.54, 1.807) is 48.2 Å². The second-order valence-corrected chi connectivity index (χ2v) is 13.4. The topological polar surface area (TPSA) is 96.0 Å². The molecule has 0 aromatic heterocycles. The number of rotatable bonds is 10. The molecule has 2 aliphatic rings. The molecule has 2 fully saturated rings. The Morgan fingerprint density at radius 2 is 1.63 bits per heavy atom. The number of nitrogens with one attached hydrogen (secondary N) is 1. The smallest absolute Gasteiger partial charge is 0.251 e. The van der Waals surface area contributed by atoms with Gasteiger partial charge in [0.15, 0.2) is 0 Å². The third-order valence-electron chi connectivity index (χ3n) is 7.13. The first-order valence-corrected chi connectivity index (χ1v) is 16.4. The maximum absolute atomic E-state index is 12.8. The molecule has 1 N–H and O–H groups in total. The Morgan fingerprint density at radius 3 is 2.32 bits per heavy atom. The second kappa shape index (κ2) is 13.3. The number of hydrogen-bond acceptors (Lipinski definition) is 6. The van der Waals surface area contributed by atoms with Gasteiger partial charge in [-0.3, -0.25) is 9.59 Å². The zero-order valence-corrected chi connectivity index (χ0v) is 24.9. The predicted molar refractivity (Wildman–Crippen MR) is 161 cm³/mol. The van der Waals surface area contributed by atoms with Crippen LogP contribution in [-0.2, 0) is 21.4 Å². The zero-order chi connectivity index (χ0) is 28.8. The van der Waals surface area contributed by atoms with E-state index in [1.165, 1.54) is 4.31 Å². The van der Waals surface area contributed by atoms with Crippen LogP contribution in [0.2, 0.25) is 5.02 Å². The first-order chi connectivity index (χ1) is 19.8. The number of sulfonamides is 1. The summed E-state index contributed by atoms with van der Waals surface area (Å²) in [6, 6.07) is 21.2. The van der Waals surface area contributed by atoms with E-state index in [1.807, 2.05) is 41.3 Å². The van der Waals surface area contributed by atoms with Crippen LogP contribution in [0.15, 0.2) is 77.7 Å². The van der Waals surface area contributed by atoms with Gasteiger partial charge in [-0.15, -0.1) is 11.8 Å². The van der Waals surface area contributed by atoms with E-state index in [0.29, 0.717) is 41.7 Å². The summed E-state index contributed by atoms with van der Waals surface area (Å²) in [6.07, 6.45) is 2.84. The van der Waals surface area contributed by atoms with E-state index in [0.717, 1.165) is 30.4 Å². The van der Waals surface area contributed by atoms with Gasteiger partial charge in [-0.2, -0.15) is 4.31 Å². The van der Waals surface area contributed by atoms with E-state index in [2.05, 4.69) is 5.32 Å². The van der Waals surface area contributed by atoms with E-state index < -0.39 is 10.0 Å². The van der Waals surface area contributed by atoms with Crippen LogP contribution in [-0.4, -0.2) is 61.4 Å². The van der Waals surface area contributed by atoms with Gasteiger partial charge in [0.05, 0.1) is 17.2 Å². The van der Waals surface area contributed by atoms with Gasteiger partial charge in [0.2, 0.25) is 15.9 Å². The molecule has 0 spiro atoms. The van der Waals surface area contributed by atoms with Gasteiger partial charge in [0.25, 0.3) is 5.91 Å². The zero-order valence-electron chi connectivity index (χ0n) is 22.5. The number of benzene rings is 3. The van der Waals surface area contributed by atoms with Crippen LogP contribution in [0.4, 0.5) is 0 Å². The van der Waals surface area contributed by atoms with Crippen LogP contribution in [0.5, 0.6) is 5.75 Å². The molecule has 0 aliphatic carbocycles. The number of nitrogens with zero attached hydrogens (tertiary/aromatic N) is 2. The minimum atomic E-state index is -3.48. The van der Waals surface area contributed by atoms with E-state index in [4.69, 9.17) is 16.3 Å². The highest BCUT2D eigenvalue weighted by molar-refractivity contribution is 8.00. The maximum atomic E-state index is 12.8. The van der Waals surface area contributed by atoms with Crippen LogP contribution in [0.1, 0.15) is 46.1 Å². The number of halogens is 1. The van der Waals surface area contributed by atoms with Crippen molar-refractivity contribution >= 4 is 45.2 Å². The Hall–Kier alpha value is -3.05. The van der Waals surface area contributed by atoms with E-state index in [-0.39, 0.29) is 35.2 Å². The summed E-state index contributed by atoms with van der Waals surface area (Å²) in [5, 5.41) is 3.38. The van der Waals surface area contributed by atoms with Crippen molar-refractivity contribution in [3.05, 3.63) is 94.5 Å². The molecule has 1 atom stereocenters. The Labute approximate surface area is 250 Å². The monoisotopic (exact) mass is 613 g/mol. The fourth-order valence-corrected chi connectivity index (χ4v) is 7.72. The summed E-state index contributed by atoms with van der Waals surface area (Å²) < 4.78 is 32.8. The number of hydrogen-bond donors (Lipinski definition) is 1. The molecule has 2 aliphatic heterocycles. The summed E-state index contributed by atoms with van der Waals surface area (Å²) in [4.78, 5) is 27.3. The number of amides is 2. The third kappa shape index (κ3) is 7.24. The molecule has 3 aromatic rings. The molecule has 5 rings (SSSR count). The summed E-state index contributed by atoms with van der Waals surface area (Å²) in [5.74, 6) is 0.802. The molecule has 3 aromatic carbocycles. The maximum Gasteiger partial charge on any atom is 0.251 e. The molecule has 216 valence electrons. The summed E-state index contributed by atoms with van der Waals surface area (Å²) in [7, 11) is -3.48. The van der Waals surface area contributed by atoms with Gasteiger partial charge in [-0.05, 0) is 72.5 Å². The predicted octanol–water partition coefficient (Wildman–Crippen LogP) is 5.10. The standard InChI is InChI=1S/C30H32ClN3O5S2/c31-25-10-4-22(5-11-25)20-34-28(35)21-40-30(34)24-8-6-23(7-9-24)29(36)32-16-19-39-26-12-14-27(15-13-26)41(37,38)33-17-2-1-3-18-33/h4-15,30H,1-3,16-21H2,(H,32,36)/t30-/m0/s1. The van der Waals surface area contributed by atoms with Gasteiger partial charge in [0, 0.05) is 30.2 Å². The van der Waals surface area contributed by atoms with Crippen LogP contribution in [0, 0.1) is 0 Å². The van der Waals surface area contributed by atoms with E-state index in [9.17, 15) is 18.0 Å². The molecule has 11 heteroatoms. The fraction of sp³-hybridized carbons (Fsp3) is 0.333. The first-order valence-electron chi connectivity index (χ1n) is 13.6. The van der Waals surface area contributed by atoms with Crippen molar-refractivity contribution in [2.75, 3.05) is 32.0 Å². The molecule has 8 nitrogen and oxygen atoms in total. The van der Waals surface area contributed by atoms with Gasteiger partial charge in [-0.25, -0.2) is 8.42 Å². The van der Waals surface area contributed by atoms with Gasteiger partial charge >= 0.3 is 0 Å². The lowest BCUT2D eigenvalue weighted by molar-refractivity contribution is -0.128. The first kappa shape index (κ1) is 29.4. The molecular weight excluding hydrogens is 582 g/mol. The highest BCUT2D eigenvalue weighted by Gasteiger charge is 2.33. The summed E-state index contributed by atoms with van der Waals surface area (Å²) >= 11 is 7.56. The SMILES string of the molecule is O=C(NCCOc1ccc(S(=O)(=O)N2CCCCC2)cc1)c1ccc([C@@H]2SCC(=O)N2Cc2ccc(Cl)cc2)cc1. The molecule has 0 unspecified atom stereocenters. The van der Waals surface area contributed by atoms with Crippen molar-refractivity contribution in [1.82, 2.24) is 14.5 Å². The quantitative estimate of drug-likeness (QED) is 0.320. The Morgan fingerprint density at radius 1 is 0.951 bits per heavy atom. The average molecular weight is 614 g/mol. The van der Waals surface area contributed by atoms with Gasteiger partial charge in [0.1, 0.15) is 17.7 Å². The fourth-order valence-electron chi connectivity index (χ4n) is 4.88. The van der Waals surface area contributed by atoms with Crippen molar-refractivity contribution in [2.24, 2.45) is 0 Å². The minimum absolute atomic E-state index is 0.0787. The second-order valence-electron chi connectivity index (χ2n) is 9.97. The lowest BCUT2D eigenvalue weighted by Gasteiger charge is -2.25. The van der Waals surface area contributed by atoms with E-state index >= 15 is 0 Å². The Kier molecular flexibility index (Phi) is 9.54. The number of thioether (sulfide) groups is 1. The highest BCUT2D eigenvalue weighted by Crippen LogP contribution is 2.39. The average Bonchev–Trinajstić information content (AvgIpc) is 3.36. The summed E-state index contributed by atoms with van der Waals surface area (Å²) in [6.45, 7) is 2.14. The van der Waals surface area contributed by atoms with Gasteiger partial charge in [-0.1, -0.05) is 42.3 Å². The number of carbonyl (C=O) groups excluding carboxylic acids is 2. The molecule has 0 radical (unpaired) electrons. The van der Waals surface area contributed by atoms with Crippen molar-refractivity contribution in [1.29, 1.82) is 0 Å². The minimum Gasteiger partial charge on any atom is -0.492 e. The van der Waals surface area contributed by atoms with Crippen molar-refractivity contribution in [3.8, 4) is 5.75 Å². The van der Waals surface area contributed by atoms with Crippen molar-refractivity contribution < 1.29 is 22.7 Å². The normalized spacial score (nSPS) is 17.9. The van der Waals surface area contributed by atoms with Crippen LogP contribution >= 0.6 is 23.4 Å². The van der Waals surface area contributed by atoms with Crippen LogP contribution in [0.25, 0.3) is 0 Å². The highest BCUT2D eigenvalue weighted by atomic mass is 35.5. The van der Waals surface area contributed by atoms with Crippen molar-refractivity contribution in [3.63, 3.8) is 0 Å². The molecular formula is C30H32ClN3O5S2. The van der Waals surface area contributed by atoms with Crippen LogP contribution < -0.4 is 10.1 Å². The lowest BCUT2D eigenvalue weighted by Crippen LogP contribution is -2.35. The third-order valence-corrected chi connectivity index (χ3v) is 10.5. The molecule has 2 saturated heterocycles.